The zero-order chi connectivity index (χ0) is 19.2. The van der Waals surface area contributed by atoms with E-state index in [2.05, 4.69) is 5.32 Å². The van der Waals surface area contributed by atoms with Crippen LogP contribution < -0.4 is 19.5 Å². The molecule has 6 nitrogen and oxygen atoms in total. The summed E-state index contributed by atoms with van der Waals surface area (Å²) in [6.07, 6.45) is 0.300. The molecule has 1 aliphatic heterocycles. The summed E-state index contributed by atoms with van der Waals surface area (Å²) in [6, 6.07) is 12.4. The van der Waals surface area contributed by atoms with E-state index in [0.29, 0.717) is 23.7 Å². The van der Waals surface area contributed by atoms with Crippen LogP contribution in [0.4, 0.5) is 0 Å². The van der Waals surface area contributed by atoms with Gasteiger partial charge in [-0.25, -0.2) is 0 Å². The van der Waals surface area contributed by atoms with Crippen molar-refractivity contribution in [1.29, 1.82) is 0 Å². The molecule has 27 heavy (non-hydrogen) atoms. The number of benzene rings is 2. The normalized spacial score (nSPS) is 13.1. The van der Waals surface area contributed by atoms with Crippen LogP contribution in [-0.4, -0.2) is 25.1 Å². The van der Waals surface area contributed by atoms with Gasteiger partial charge in [-0.15, -0.1) is 0 Å². The van der Waals surface area contributed by atoms with Crippen molar-refractivity contribution in [3.63, 3.8) is 0 Å². The standard InChI is InChI=1S/C21H23NO5/c1-3-25-17-7-4-15(5-8-17)18(23)9-11-21(24)22-14(2)16-6-10-19-20(12-16)27-13-26-19/h4-8,10,12,14H,3,9,11,13H2,1-2H3,(H,22,24). The maximum Gasteiger partial charge on any atom is 0.231 e. The molecule has 142 valence electrons. The van der Waals surface area contributed by atoms with Crippen LogP contribution in [0.5, 0.6) is 17.2 Å². The molecule has 6 heteroatoms. The molecule has 1 N–H and O–H groups in total. The quantitative estimate of drug-likeness (QED) is 0.719. The monoisotopic (exact) mass is 369 g/mol. The fraction of sp³-hybridized carbons (Fsp3) is 0.333. The number of hydrogen-bond donors (Lipinski definition) is 1. The Morgan fingerprint density at radius 2 is 1.81 bits per heavy atom. The zero-order valence-electron chi connectivity index (χ0n) is 15.5. The molecule has 0 bridgehead atoms. The molecular weight excluding hydrogens is 346 g/mol. The topological polar surface area (TPSA) is 73.9 Å². The third-order valence-corrected chi connectivity index (χ3v) is 4.34. The lowest BCUT2D eigenvalue weighted by Gasteiger charge is -2.14. The molecule has 1 unspecified atom stereocenters. The molecule has 2 aromatic carbocycles. The van der Waals surface area contributed by atoms with Gasteiger partial charge in [-0.2, -0.15) is 0 Å². The molecule has 0 aliphatic carbocycles. The van der Waals surface area contributed by atoms with Crippen LogP contribution in [-0.2, 0) is 4.79 Å². The van der Waals surface area contributed by atoms with E-state index in [1.807, 2.05) is 32.0 Å². The second-order valence-corrected chi connectivity index (χ2v) is 6.28. The first kappa shape index (κ1) is 18.8. The van der Waals surface area contributed by atoms with Gasteiger partial charge in [0.05, 0.1) is 12.6 Å². The van der Waals surface area contributed by atoms with Gasteiger partial charge in [0.1, 0.15) is 5.75 Å². The van der Waals surface area contributed by atoms with Gasteiger partial charge in [-0.3, -0.25) is 9.59 Å². The molecule has 1 amide bonds. The molecule has 1 heterocycles. The molecule has 1 atom stereocenters. The summed E-state index contributed by atoms with van der Waals surface area (Å²) in [5.74, 6) is 1.88. The van der Waals surface area contributed by atoms with Gasteiger partial charge < -0.3 is 19.5 Å². The van der Waals surface area contributed by atoms with E-state index >= 15 is 0 Å². The number of fused-ring (bicyclic) bond motifs is 1. The van der Waals surface area contributed by atoms with Crippen molar-refractivity contribution in [2.24, 2.45) is 0 Å². The fourth-order valence-corrected chi connectivity index (χ4v) is 2.85. The molecule has 0 spiro atoms. The van der Waals surface area contributed by atoms with Crippen LogP contribution >= 0.6 is 0 Å². The van der Waals surface area contributed by atoms with E-state index in [4.69, 9.17) is 14.2 Å². The van der Waals surface area contributed by atoms with Crippen molar-refractivity contribution in [1.82, 2.24) is 5.32 Å². The first-order chi connectivity index (χ1) is 13.1. The second kappa shape index (κ2) is 8.58. The molecule has 0 saturated heterocycles. The van der Waals surface area contributed by atoms with E-state index in [0.717, 1.165) is 11.3 Å². The van der Waals surface area contributed by atoms with Gasteiger partial charge in [-0.05, 0) is 55.8 Å². The summed E-state index contributed by atoms with van der Waals surface area (Å²) in [4.78, 5) is 24.4. The highest BCUT2D eigenvalue weighted by Gasteiger charge is 2.17. The van der Waals surface area contributed by atoms with Gasteiger partial charge in [0.15, 0.2) is 17.3 Å². The fourth-order valence-electron chi connectivity index (χ4n) is 2.85. The number of ketones is 1. The Morgan fingerprint density at radius 3 is 2.56 bits per heavy atom. The highest BCUT2D eigenvalue weighted by Crippen LogP contribution is 2.34. The molecule has 1 aliphatic rings. The Morgan fingerprint density at radius 1 is 1.07 bits per heavy atom. The minimum Gasteiger partial charge on any atom is -0.494 e. The molecule has 2 aromatic rings. The highest BCUT2D eigenvalue weighted by atomic mass is 16.7. The van der Waals surface area contributed by atoms with E-state index in [1.165, 1.54) is 0 Å². The molecule has 0 radical (unpaired) electrons. The first-order valence-corrected chi connectivity index (χ1v) is 9.01. The lowest BCUT2D eigenvalue weighted by atomic mass is 10.1. The largest absolute Gasteiger partial charge is 0.494 e. The van der Waals surface area contributed by atoms with Gasteiger partial charge in [-0.1, -0.05) is 6.07 Å². The molecular formula is C21H23NO5. The summed E-state index contributed by atoms with van der Waals surface area (Å²) >= 11 is 0. The lowest BCUT2D eigenvalue weighted by molar-refractivity contribution is -0.121. The minimum atomic E-state index is -0.187. The van der Waals surface area contributed by atoms with Crippen LogP contribution in [0, 0.1) is 0 Å². The number of nitrogens with one attached hydrogen (secondary N) is 1. The van der Waals surface area contributed by atoms with Crippen LogP contribution in [0.2, 0.25) is 0 Å². The number of hydrogen-bond acceptors (Lipinski definition) is 5. The smallest absolute Gasteiger partial charge is 0.231 e. The minimum absolute atomic E-state index is 0.0658. The van der Waals surface area contributed by atoms with Crippen LogP contribution in [0.25, 0.3) is 0 Å². The van der Waals surface area contributed by atoms with Crippen molar-refractivity contribution in [2.45, 2.75) is 32.7 Å². The SMILES string of the molecule is CCOc1ccc(C(=O)CCC(=O)NC(C)c2ccc3c(c2)OCO3)cc1. The van der Waals surface area contributed by atoms with Crippen molar-refractivity contribution in [3.05, 3.63) is 53.6 Å². The Kier molecular flexibility index (Phi) is 5.96. The molecule has 0 aromatic heterocycles. The highest BCUT2D eigenvalue weighted by molar-refractivity contribution is 5.98. The Labute approximate surface area is 158 Å². The average molecular weight is 369 g/mol. The number of carbonyl (C=O) groups is 2. The van der Waals surface area contributed by atoms with E-state index in [9.17, 15) is 9.59 Å². The number of rotatable bonds is 8. The van der Waals surface area contributed by atoms with Gasteiger partial charge in [0.25, 0.3) is 0 Å². The maximum atomic E-state index is 12.3. The van der Waals surface area contributed by atoms with Crippen molar-refractivity contribution in [3.8, 4) is 17.2 Å². The molecule has 0 fully saturated rings. The summed E-state index contributed by atoms with van der Waals surface area (Å²) in [5, 5.41) is 2.91. The molecule has 0 saturated carbocycles. The molecule has 3 rings (SSSR count). The first-order valence-electron chi connectivity index (χ1n) is 9.01. The van der Waals surface area contributed by atoms with Gasteiger partial charge >= 0.3 is 0 Å². The van der Waals surface area contributed by atoms with E-state index < -0.39 is 0 Å². The summed E-state index contributed by atoms with van der Waals surface area (Å²) in [7, 11) is 0. The summed E-state index contributed by atoms with van der Waals surface area (Å²) in [6.45, 7) is 4.59. The Bertz CT molecular complexity index is 816. The predicted octanol–water partition coefficient (Wildman–Crippen LogP) is 3.65. The Balaban J connectivity index is 1.49. The van der Waals surface area contributed by atoms with Gasteiger partial charge in [0, 0.05) is 18.4 Å². The van der Waals surface area contributed by atoms with Crippen molar-refractivity contribution >= 4 is 11.7 Å². The van der Waals surface area contributed by atoms with Crippen LogP contribution in [0.15, 0.2) is 42.5 Å². The third-order valence-electron chi connectivity index (χ3n) is 4.34. The van der Waals surface area contributed by atoms with Crippen LogP contribution in [0.1, 0.15) is 48.7 Å². The number of ether oxygens (including phenoxy) is 3. The van der Waals surface area contributed by atoms with E-state index in [-0.39, 0.29) is 37.4 Å². The predicted molar refractivity (Wildman–Crippen MR) is 100 cm³/mol. The number of Topliss-reactive ketones (excluding diaryl/α,β-unsaturated/α-hetero) is 1. The average Bonchev–Trinajstić information content (AvgIpc) is 3.14. The zero-order valence-corrected chi connectivity index (χ0v) is 15.5. The van der Waals surface area contributed by atoms with E-state index in [1.54, 1.807) is 24.3 Å². The summed E-state index contributed by atoms with van der Waals surface area (Å²) in [5.41, 5.74) is 1.50. The Hall–Kier alpha value is -3.02. The van der Waals surface area contributed by atoms with Crippen molar-refractivity contribution in [2.75, 3.05) is 13.4 Å². The van der Waals surface area contributed by atoms with Crippen LogP contribution in [0.3, 0.4) is 0 Å². The second-order valence-electron chi connectivity index (χ2n) is 6.28. The lowest BCUT2D eigenvalue weighted by Crippen LogP contribution is -2.26. The summed E-state index contributed by atoms with van der Waals surface area (Å²) < 4.78 is 16.0. The van der Waals surface area contributed by atoms with Gasteiger partial charge in [0.2, 0.25) is 12.7 Å². The third kappa shape index (κ3) is 4.78. The van der Waals surface area contributed by atoms with Crippen molar-refractivity contribution < 1.29 is 23.8 Å². The maximum absolute atomic E-state index is 12.3. The number of amides is 1. The number of carbonyl (C=O) groups excluding carboxylic acids is 2.